The third-order valence-corrected chi connectivity index (χ3v) is 5.03. The van der Waals surface area contributed by atoms with Crippen molar-refractivity contribution < 1.29 is 14.6 Å². The van der Waals surface area contributed by atoms with E-state index < -0.39 is 5.60 Å². The van der Waals surface area contributed by atoms with E-state index in [-0.39, 0.29) is 18.0 Å². The normalized spacial score (nSPS) is 43.2. The zero-order valence-corrected chi connectivity index (χ0v) is 11.2. The maximum atomic E-state index is 11.7. The second-order valence-electron chi connectivity index (χ2n) is 6.21. The Morgan fingerprint density at radius 3 is 2.89 bits per heavy atom. The molecular formula is C15H20O3. The summed E-state index contributed by atoms with van der Waals surface area (Å²) in [6.07, 6.45) is 4.37. The van der Waals surface area contributed by atoms with Crippen LogP contribution < -0.4 is 0 Å². The van der Waals surface area contributed by atoms with Crippen LogP contribution in [0.15, 0.2) is 22.8 Å². The summed E-state index contributed by atoms with van der Waals surface area (Å²) in [5.74, 6) is 0.426. The van der Waals surface area contributed by atoms with Crippen LogP contribution in [0.2, 0.25) is 0 Å². The van der Waals surface area contributed by atoms with Crippen LogP contribution in [0.4, 0.5) is 0 Å². The first kappa shape index (κ1) is 12.0. The highest BCUT2D eigenvalue weighted by Gasteiger charge is 2.49. The smallest absolute Gasteiger partial charge is 0.334 e. The Hall–Kier alpha value is -1.09. The fourth-order valence-electron chi connectivity index (χ4n) is 3.81. The maximum Gasteiger partial charge on any atom is 0.334 e. The number of rotatable bonds is 0. The molecule has 1 fully saturated rings. The molecule has 0 bridgehead atoms. The van der Waals surface area contributed by atoms with Crippen molar-refractivity contribution >= 4 is 5.97 Å². The van der Waals surface area contributed by atoms with Crippen molar-refractivity contribution in [2.24, 2.45) is 11.8 Å². The molecule has 0 amide bonds. The van der Waals surface area contributed by atoms with E-state index in [0.29, 0.717) is 12.3 Å². The van der Waals surface area contributed by atoms with Gasteiger partial charge in [0.05, 0.1) is 5.60 Å². The molecule has 0 spiro atoms. The quantitative estimate of drug-likeness (QED) is 0.529. The minimum atomic E-state index is -0.754. The SMILES string of the molecule is CC1=CCC2C1CC1=C(C)C(=O)OC1CC2(C)O. The Morgan fingerprint density at radius 2 is 2.17 bits per heavy atom. The lowest BCUT2D eigenvalue weighted by molar-refractivity contribution is -0.142. The lowest BCUT2D eigenvalue weighted by Gasteiger charge is -2.33. The van der Waals surface area contributed by atoms with Crippen molar-refractivity contribution in [3.63, 3.8) is 0 Å². The highest BCUT2D eigenvalue weighted by Crippen LogP contribution is 2.49. The first-order chi connectivity index (χ1) is 8.40. The number of ether oxygens (including phenoxy) is 1. The molecule has 18 heavy (non-hydrogen) atoms. The van der Waals surface area contributed by atoms with E-state index in [1.807, 2.05) is 13.8 Å². The molecular weight excluding hydrogens is 228 g/mol. The van der Waals surface area contributed by atoms with Crippen molar-refractivity contribution in [3.8, 4) is 0 Å². The van der Waals surface area contributed by atoms with Gasteiger partial charge in [0.15, 0.2) is 0 Å². The summed E-state index contributed by atoms with van der Waals surface area (Å²) in [7, 11) is 0. The summed E-state index contributed by atoms with van der Waals surface area (Å²) in [5.41, 5.74) is 2.47. The van der Waals surface area contributed by atoms with Gasteiger partial charge in [0.25, 0.3) is 0 Å². The van der Waals surface area contributed by atoms with Gasteiger partial charge in [-0.15, -0.1) is 0 Å². The molecule has 0 aromatic carbocycles. The first-order valence-electron chi connectivity index (χ1n) is 6.70. The van der Waals surface area contributed by atoms with E-state index in [9.17, 15) is 9.90 Å². The van der Waals surface area contributed by atoms with E-state index >= 15 is 0 Å². The van der Waals surface area contributed by atoms with Crippen LogP contribution in [0.3, 0.4) is 0 Å². The Kier molecular flexibility index (Phi) is 2.46. The van der Waals surface area contributed by atoms with Gasteiger partial charge in [-0.05, 0) is 51.0 Å². The topological polar surface area (TPSA) is 46.5 Å². The predicted molar refractivity (Wildman–Crippen MR) is 67.8 cm³/mol. The number of allylic oxidation sites excluding steroid dienone is 2. The van der Waals surface area contributed by atoms with Crippen molar-refractivity contribution in [2.45, 2.75) is 51.7 Å². The number of hydrogen-bond acceptors (Lipinski definition) is 3. The number of aliphatic hydroxyl groups is 1. The molecule has 0 aromatic heterocycles. The second kappa shape index (κ2) is 3.70. The molecule has 2 aliphatic carbocycles. The Labute approximate surface area is 108 Å². The average Bonchev–Trinajstić information content (AvgIpc) is 2.72. The third-order valence-electron chi connectivity index (χ3n) is 5.03. The van der Waals surface area contributed by atoms with Crippen molar-refractivity contribution in [1.82, 2.24) is 0 Å². The first-order valence-corrected chi connectivity index (χ1v) is 6.70. The van der Waals surface area contributed by atoms with E-state index in [2.05, 4.69) is 13.0 Å². The molecule has 4 unspecified atom stereocenters. The summed E-state index contributed by atoms with van der Waals surface area (Å²) < 4.78 is 5.40. The molecule has 1 N–H and O–H groups in total. The largest absolute Gasteiger partial charge is 0.454 e. The molecule has 98 valence electrons. The van der Waals surface area contributed by atoms with Gasteiger partial charge in [0.2, 0.25) is 0 Å². The highest BCUT2D eigenvalue weighted by atomic mass is 16.5. The van der Waals surface area contributed by atoms with Gasteiger partial charge < -0.3 is 9.84 Å². The average molecular weight is 248 g/mol. The Morgan fingerprint density at radius 1 is 1.44 bits per heavy atom. The van der Waals surface area contributed by atoms with Crippen LogP contribution in [0.5, 0.6) is 0 Å². The van der Waals surface area contributed by atoms with Gasteiger partial charge in [0.1, 0.15) is 6.10 Å². The number of hydrogen-bond donors (Lipinski definition) is 1. The van der Waals surface area contributed by atoms with Crippen LogP contribution in [0.1, 0.15) is 40.0 Å². The zero-order valence-electron chi connectivity index (χ0n) is 11.2. The fraction of sp³-hybridized carbons (Fsp3) is 0.667. The second-order valence-corrected chi connectivity index (χ2v) is 6.21. The van der Waals surface area contributed by atoms with Crippen LogP contribution in [0, 0.1) is 11.8 Å². The standard InChI is InChI=1S/C15H20O3/c1-8-4-5-12-10(8)6-11-9(2)14(16)18-13(11)7-15(12,3)17/h4,10,12-13,17H,5-7H2,1-3H3. The maximum absolute atomic E-state index is 11.7. The summed E-state index contributed by atoms with van der Waals surface area (Å²) in [6, 6.07) is 0. The molecule has 3 heteroatoms. The minimum Gasteiger partial charge on any atom is -0.454 e. The van der Waals surface area contributed by atoms with Gasteiger partial charge >= 0.3 is 5.97 Å². The van der Waals surface area contributed by atoms with Crippen molar-refractivity contribution in [3.05, 3.63) is 22.8 Å². The number of carbonyl (C=O) groups is 1. The lowest BCUT2D eigenvalue weighted by Crippen LogP contribution is -2.38. The predicted octanol–water partition coefficient (Wildman–Crippen LogP) is 2.36. The molecule has 0 radical (unpaired) electrons. The van der Waals surface area contributed by atoms with E-state index in [1.54, 1.807) is 0 Å². The molecule has 3 rings (SSSR count). The van der Waals surface area contributed by atoms with Crippen LogP contribution >= 0.6 is 0 Å². The number of esters is 1. The van der Waals surface area contributed by atoms with Gasteiger partial charge in [-0.3, -0.25) is 0 Å². The fourth-order valence-corrected chi connectivity index (χ4v) is 3.81. The van der Waals surface area contributed by atoms with Gasteiger partial charge in [-0.2, -0.15) is 0 Å². The molecule has 1 aliphatic heterocycles. The molecule has 0 saturated heterocycles. The third kappa shape index (κ3) is 1.57. The summed E-state index contributed by atoms with van der Waals surface area (Å²) in [5, 5.41) is 10.7. The lowest BCUT2D eigenvalue weighted by atomic mass is 9.78. The molecule has 3 nitrogen and oxygen atoms in total. The minimum absolute atomic E-state index is 0.203. The summed E-state index contributed by atoms with van der Waals surface area (Å²) in [6.45, 7) is 5.87. The summed E-state index contributed by atoms with van der Waals surface area (Å²) >= 11 is 0. The number of carbonyl (C=O) groups excluding carboxylic acids is 1. The van der Waals surface area contributed by atoms with Crippen LogP contribution in [0.25, 0.3) is 0 Å². The van der Waals surface area contributed by atoms with Crippen LogP contribution in [-0.2, 0) is 9.53 Å². The van der Waals surface area contributed by atoms with Gasteiger partial charge in [0, 0.05) is 12.0 Å². The van der Waals surface area contributed by atoms with Crippen molar-refractivity contribution in [2.75, 3.05) is 0 Å². The van der Waals surface area contributed by atoms with Crippen molar-refractivity contribution in [1.29, 1.82) is 0 Å². The molecule has 3 aliphatic rings. The Bertz CT molecular complexity index is 470. The Balaban J connectivity index is 2.03. The van der Waals surface area contributed by atoms with Crippen LogP contribution in [-0.4, -0.2) is 22.8 Å². The molecule has 4 atom stereocenters. The highest BCUT2D eigenvalue weighted by molar-refractivity contribution is 5.91. The molecule has 1 heterocycles. The molecule has 1 saturated carbocycles. The zero-order chi connectivity index (χ0) is 13.1. The number of fused-ring (bicyclic) bond motifs is 2. The van der Waals surface area contributed by atoms with E-state index in [0.717, 1.165) is 24.0 Å². The van der Waals surface area contributed by atoms with Gasteiger partial charge in [-0.1, -0.05) is 11.6 Å². The molecule has 0 aromatic rings. The van der Waals surface area contributed by atoms with E-state index in [1.165, 1.54) is 5.57 Å². The monoisotopic (exact) mass is 248 g/mol. The van der Waals surface area contributed by atoms with Gasteiger partial charge in [-0.25, -0.2) is 4.79 Å². The summed E-state index contributed by atoms with van der Waals surface area (Å²) in [4.78, 5) is 11.7. The van der Waals surface area contributed by atoms with E-state index in [4.69, 9.17) is 4.74 Å².